The maximum Gasteiger partial charge on any atom is 0.131 e. The summed E-state index contributed by atoms with van der Waals surface area (Å²) >= 11 is 0. The summed E-state index contributed by atoms with van der Waals surface area (Å²) in [4.78, 5) is 11.9. The third kappa shape index (κ3) is 4.98. The van der Waals surface area contributed by atoms with Gasteiger partial charge in [-0.15, -0.1) is 0 Å². The van der Waals surface area contributed by atoms with E-state index in [1.165, 1.54) is 68.3 Å². The van der Waals surface area contributed by atoms with E-state index < -0.39 is 0 Å². The highest BCUT2D eigenvalue weighted by atomic mass is 15.2. The standard InChI is InChI=1S/C24H34N4/c1-19-7-5-6-10-23(19)22-11-13-28(18-22)14-12-25-15-20-16-26-24(27-17-20)21-8-3-2-4-9-21/h5-7,10,16-17,21-22,25H,2-4,8-9,11-15,18H2,1H3. The normalized spacial score (nSPS) is 21.2. The number of aromatic nitrogens is 2. The largest absolute Gasteiger partial charge is 0.311 e. The van der Waals surface area contributed by atoms with E-state index in [1.54, 1.807) is 0 Å². The van der Waals surface area contributed by atoms with Gasteiger partial charge in [0, 0.05) is 50.1 Å². The molecule has 2 aromatic rings. The van der Waals surface area contributed by atoms with E-state index in [9.17, 15) is 0 Å². The van der Waals surface area contributed by atoms with Gasteiger partial charge in [0.1, 0.15) is 5.82 Å². The summed E-state index contributed by atoms with van der Waals surface area (Å²) < 4.78 is 0. The highest BCUT2D eigenvalue weighted by molar-refractivity contribution is 5.30. The summed E-state index contributed by atoms with van der Waals surface area (Å²) in [6.45, 7) is 7.63. The molecule has 1 saturated carbocycles. The summed E-state index contributed by atoms with van der Waals surface area (Å²) in [5.74, 6) is 2.34. The lowest BCUT2D eigenvalue weighted by Gasteiger charge is -2.20. The Labute approximate surface area is 169 Å². The van der Waals surface area contributed by atoms with Gasteiger partial charge in [-0.1, -0.05) is 43.5 Å². The molecule has 2 fully saturated rings. The van der Waals surface area contributed by atoms with E-state index in [1.807, 2.05) is 12.4 Å². The zero-order chi connectivity index (χ0) is 19.2. The van der Waals surface area contributed by atoms with Crippen LogP contribution in [0.3, 0.4) is 0 Å². The molecule has 1 aromatic carbocycles. The van der Waals surface area contributed by atoms with Crippen molar-refractivity contribution >= 4 is 0 Å². The van der Waals surface area contributed by atoms with Gasteiger partial charge in [-0.25, -0.2) is 9.97 Å². The van der Waals surface area contributed by atoms with E-state index in [-0.39, 0.29) is 0 Å². The molecule has 150 valence electrons. The third-order valence-electron chi connectivity index (χ3n) is 6.53. The molecule has 4 nitrogen and oxygen atoms in total. The first kappa shape index (κ1) is 19.5. The van der Waals surface area contributed by atoms with Crippen molar-refractivity contribution in [3.8, 4) is 0 Å². The molecule has 0 bridgehead atoms. The Bertz CT molecular complexity index is 737. The molecule has 1 atom stereocenters. The molecule has 2 heterocycles. The minimum Gasteiger partial charge on any atom is -0.311 e. The van der Waals surface area contributed by atoms with Crippen LogP contribution < -0.4 is 5.32 Å². The smallest absolute Gasteiger partial charge is 0.131 e. The molecule has 1 aliphatic heterocycles. The summed E-state index contributed by atoms with van der Waals surface area (Å²) in [5.41, 5.74) is 4.16. The highest BCUT2D eigenvalue weighted by Crippen LogP contribution is 2.30. The molecule has 28 heavy (non-hydrogen) atoms. The topological polar surface area (TPSA) is 41.0 Å². The van der Waals surface area contributed by atoms with Crippen molar-refractivity contribution in [1.29, 1.82) is 0 Å². The Balaban J connectivity index is 1.17. The molecular weight excluding hydrogens is 344 g/mol. The lowest BCUT2D eigenvalue weighted by atomic mass is 9.89. The van der Waals surface area contributed by atoms with Crippen LogP contribution in [-0.2, 0) is 6.54 Å². The molecule has 0 radical (unpaired) electrons. The number of likely N-dealkylation sites (tertiary alicyclic amines) is 1. The minimum atomic E-state index is 0.590. The predicted octanol–water partition coefficient (Wildman–Crippen LogP) is 4.41. The lowest BCUT2D eigenvalue weighted by molar-refractivity contribution is 0.331. The lowest BCUT2D eigenvalue weighted by Crippen LogP contribution is -2.30. The summed E-state index contributed by atoms with van der Waals surface area (Å²) in [5, 5.41) is 3.57. The number of aryl methyl sites for hydroxylation is 1. The van der Waals surface area contributed by atoms with Crippen LogP contribution in [0.15, 0.2) is 36.7 Å². The zero-order valence-corrected chi connectivity index (χ0v) is 17.2. The SMILES string of the molecule is Cc1ccccc1C1CCN(CCNCc2cnc(C3CCCCC3)nc2)C1. The van der Waals surface area contributed by atoms with Crippen LogP contribution in [0.4, 0.5) is 0 Å². The molecule has 1 saturated heterocycles. The van der Waals surface area contributed by atoms with Gasteiger partial charge < -0.3 is 10.2 Å². The van der Waals surface area contributed by atoms with Crippen LogP contribution in [0.5, 0.6) is 0 Å². The van der Waals surface area contributed by atoms with Gasteiger partial charge in [-0.3, -0.25) is 0 Å². The summed E-state index contributed by atoms with van der Waals surface area (Å²) in [7, 11) is 0. The predicted molar refractivity (Wildman–Crippen MR) is 115 cm³/mol. The maximum atomic E-state index is 4.65. The maximum absolute atomic E-state index is 4.65. The second-order valence-corrected chi connectivity index (χ2v) is 8.60. The van der Waals surface area contributed by atoms with E-state index in [4.69, 9.17) is 0 Å². The Morgan fingerprint density at radius 1 is 1.00 bits per heavy atom. The number of nitrogens with zero attached hydrogens (tertiary/aromatic N) is 3. The fraction of sp³-hybridized carbons (Fsp3) is 0.583. The Morgan fingerprint density at radius 2 is 1.79 bits per heavy atom. The van der Waals surface area contributed by atoms with E-state index >= 15 is 0 Å². The Hall–Kier alpha value is -1.78. The zero-order valence-electron chi connectivity index (χ0n) is 17.2. The first-order valence-electron chi connectivity index (χ1n) is 11.1. The van der Waals surface area contributed by atoms with Crippen LogP contribution in [0.2, 0.25) is 0 Å². The third-order valence-corrected chi connectivity index (χ3v) is 6.53. The Morgan fingerprint density at radius 3 is 2.57 bits per heavy atom. The van der Waals surface area contributed by atoms with Crippen molar-refractivity contribution in [2.45, 2.75) is 63.8 Å². The second-order valence-electron chi connectivity index (χ2n) is 8.60. The van der Waals surface area contributed by atoms with Gasteiger partial charge in [0.05, 0.1) is 0 Å². The van der Waals surface area contributed by atoms with Gasteiger partial charge in [-0.2, -0.15) is 0 Å². The molecule has 2 aliphatic rings. The van der Waals surface area contributed by atoms with Gasteiger partial charge >= 0.3 is 0 Å². The van der Waals surface area contributed by atoms with Crippen LogP contribution in [-0.4, -0.2) is 41.0 Å². The average molecular weight is 379 g/mol. The molecule has 4 rings (SSSR count). The van der Waals surface area contributed by atoms with E-state index in [2.05, 4.69) is 51.4 Å². The average Bonchev–Trinajstić information content (AvgIpc) is 3.21. The molecule has 1 unspecified atom stereocenters. The number of benzene rings is 1. The first-order valence-corrected chi connectivity index (χ1v) is 11.1. The quantitative estimate of drug-likeness (QED) is 0.725. The van der Waals surface area contributed by atoms with Crippen LogP contribution in [0.1, 0.15) is 72.9 Å². The molecular formula is C24H34N4. The van der Waals surface area contributed by atoms with Gasteiger partial charge in [0.2, 0.25) is 0 Å². The second kappa shape index (κ2) is 9.62. The molecule has 4 heteroatoms. The molecule has 1 aromatic heterocycles. The van der Waals surface area contributed by atoms with Crippen molar-refractivity contribution < 1.29 is 0 Å². The van der Waals surface area contributed by atoms with E-state index in [0.717, 1.165) is 25.5 Å². The number of nitrogens with one attached hydrogen (secondary N) is 1. The van der Waals surface area contributed by atoms with Gasteiger partial charge in [-0.05, 0) is 49.8 Å². The number of hydrogen-bond acceptors (Lipinski definition) is 4. The van der Waals surface area contributed by atoms with Crippen molar-refractivity contribution in [3.05, 3.63) is 59.2 Å². The molecule has 1 N–H and O–H groups in total. The Kier molecular flexibility index (Phi) is 6.71. The monoisotopic (exact) mass is 378 g/mol. The van der Waals surface area contributed by atoms with Crippen molar-refractivity contribution in [1.82, 2.24) is 20.2 Å². The molecule has 1 aliphatic carbocycles. The van der Waals surface area contributed by atoms with E-state index in [0.29, 0.717) is 11.8 Å². The van der Waals surface area contributed by atoms with Gasteiger partial charge in [0.15, 0.2) is 0 Å². The minimum absolute atomic E-state index is 0.590. The van der Waals surface area contributed by atoms with Crippen molar-refractivity contribution in [2.24, 2.45) is 0 Å². The number of hydrogen-bond donors (Lipinski definition) is 1. The fourth-order valence-electron chi connectivity index (χ4n) is 4.83. The van der Waals surface area contributed by atoms with Gasteiger partial charge in [0.25, 0.3) is 0 Å². The summed E-state index contributed by atoms with van der Waals surface area (Å²) in [6.07, 6.45) is 11.9. The molecule has 0 spiro atoms. The van der Waals surface area contributed by atoms with Crippen molar-refractivity contribution in [2.75, 3.05) is 26.2 Å². The summed E-state index contributed by atoms with van der Waals surface area (Å²) in [6, 6.07) is 8.86. The van der Waals surface area contributed by atoms with Crippen molar-refractivity contribution in [3.63, 3.8) is 0 Å². The van der Waals surface area contributed by atoms with Crippen LogP contribution in [0, 0.1) is 6.92 Å². The fourth-order valence-corrected chi connectivity index (χ4v) is 4.83. The number of rotatable bonds is 7. The first-order chi connectivity index (χ1) is 13.8. The van der Waals surface area contributed by atoms with Crippen LogP contribution in [0.25, 0.3) is 0 Å². The van der Waals surface area contributed by atoms with Crippen LogP contribution >= 0.6 is 0 Å². The molecule has 0 amide bonds. The highest BCUT2D eigenvalue weighted by Gasteiger charge is 2.24.